The second-order valence-corrected chi connectivity index (χ2v) is 8.68. The summed E-state index contributed by atoms with van der Waals surface area (Å²) in [6.45, 7) is 4.51. The van der Waals surface area contributed by atoms with E-state index in [9.17, 15) is 9.59 Å². The molecule has 2 aromatic carbocycles. The predicted octanol–water partition coefficient (Wildman–Crippen LogP) is 2.84. The summed E-state index contributed by atoms with van der Waals surface area (Å²) in [6.07, 6.45) is -0.380. The van der Waals surface area contributed by atoms with Crippen molar-refractivity contribution in [1.29, 1.82) is 0 Å². The molecule has 2 saturated heterocycles. The lowest BCUT2D eigenvalue weighted by Gasteiger charge is -2.34. The van der Waals surface area contributed by atoms with Crippen molar-refractivity contribution in [3.8, 4) is 0 Å². The lowest BCUT2D eigenvalue weighted by atomic mass is 10.0. The Bertz CT molecular complexity index is 1160. The number of hydrogen-bond donors (Lipinski definition) is 0. The van der Waals surface area contributed by atoms with E-state index in [4.69, 9.17) is 9.72 Å². The van der Waals surface area contributed by atoms with Gasteiger partial charge in [0.2, 0.25) is 0 Å². The summed E-state index contributed by atoms with van der Waals surface area (Å²) in [6, 6.07) is 18.9. The van der Waals surface area contributed by atoms with Gasteiger partial charge in [0.1, 0.15) is 6.10 Å². The summed E-state index contributed by atoms with van der Waals surface area (Å²) in [4.78, 5) is 37.2. The smallest absolute Gasteiger partial charge is 0.254 e. The number of benzene rings is 2. The number of morpholine rings is 1. The molecule has 0 spiro atoms. The lowest BCUT2D eigenvalue weighted by molar-refractivity contribution is -0.0246. The molecular formula is C26H28N4O3. The Kier molecular flexibility index (Phi) is 6.07. The third-order valence-corrected chi connectivity index (χ3v) is 6.46. The van der Waals surface area contributed by atoms with Gasteiger partial charge in [-0.3, -0.25) is 9.59 Å². The van der Waals surface area contributed by atoms with Gasteiger partial charge in [-0.25, -0.2) is 4.98 Å². The maximum Gasteiger partial charge on any atom is 0.254 e. The lowest BCUT2D eigenvalue weighted by Crippen LogP contribution is -2.47. The molecule has 0 unspecified atom stereocenters. The first-order chi connectivity index (χ1) is 16.1. The highest BCUT2D eigenvalue weighted by Crippen LogP contribution is 2.27. The zero-order chi connectivity index (χ0) is 22.8. The van der Waals surface area contributed by atoms with Crippen LogP contribution in [0.5, 0.6) is 0 Å². The first-order valence-electron chi connectivity index (χ1n) is 11.4. The number of ether oxygens (including phenoxy) is 1. The normalized spacial score (nSPS) is 19.6. The molecule has 7 heteroatoms. The molecule has 2 aliphatic heterocycles. The molecular weight excluding hydrogens is 416 g/mol. The number of aromatic nitrogens is 1. The number of carbonyl (C=O) groups is 2. The standard InChI is InChI=1S/C26H28N4O3/c1-28-11-13-29(14-12-28)26(32)21-17-23(27-22-10-6-5-9-20(21)22)24-18-30(15-16-33-24)25(31)19-7-3-2-4-8-19/h2-10,17,24H,11-16,18H2,1H3/t24-/m1/s1. The molecule has 170 valence electrons. The van der Waals surface area contributed by atoms with E-state index in [1.54, 1.807) is 0 Å². The number of amides is 2. The van der Waals surface area contributed by atoms with Gasteiger partial charge in [-0.15, -0.1) is 0 Å². The summed E-state index contributed by atoms with van der Waals surface area (Å²) in [5.41, 5.74) is 2.77. The maximum atomic E-state index is 13.5. The van der Waals surface area contributed by atoms with Crippen LogP contribution in [-0.2, 0) is 4.74 Å². The van der Waals surface area contributed by atoms with Crippen molar-refractivity contribution < 1.29 is 14.3 Å². The molecule has 0 saturated carbocycles. The van der Waals surface area contributed by atoms with Crippen molar-refractivity contribution in [1.82, 2.24) is 19.7 Å². The minimum atomic E-state index is -0.380. The predicted molar refractivity (Wildman–Crippen MR) is 126 cm³/mol. The van der Waals surface area contributed by atoms with Crippen LogP contribution in [0, 0.1) is 0 Å². The Morgan fingerprint density at radius 3 is 2.39 bits per heavy atom. The monoisotopic (exact) mass is 444 g/mol. The summed E-state index contributed by atoms with van der Waals surface area (Å²) >= 11 is 0. The van der Waals surface area contributed by atoms with E-state index in [1.165, 1.54) is 0 Å². The Labute approximate surface area is 193 Å². The third kappa shape index (κ3) is 4.47. The number of fused-ring (bicyclic) bond motifs is 1. The number of likely N-dealkylation sites (N-methyl/N-ethyl adjacent to an activating group) is 1. The van der Waals surface area contributed by atoms with Gasteiger partial charge < -0.3 is 19.4 Å². The van der Waals surface area contributed by atoms with Crippen LogP contribution in [0.15, 0.2) is 60.7 Å². The van der Waals surface area contributed by atoms with Crippen molar-refractivity contribution in [3.63, 3.8) is 0 Å². The van der Waals surface area contributed by atoms with Crippen LogP contribution in [0.4, 0.5) is 0 Å². The van der Waals surface area contributed by atoms with Gasteiger partial charge in [-0.1, -0.05) is 36.4 Å². The highest BCUT2D eigenvalue weighted by atomic mass is 16.5. The van der Waals surface area contributed by atoms with E-state index in [1.807, 2.05) is 70.5 Å². The molecule has 7 nitrogen and oxygen atoms in total. The summed E-state index contributed by atoms with van der Waals surface area (Å²) in [5, 5.41) is 0.846. The highest BCUT2D eigenvalue weighted by molar-refractivity contribution is 6.06. The molecule has 0 bridgehead atoms. The Morgan fingerprint density at radius 1 is 0.879 bits per heavy atom. The van der Waals surface area contributed by atoms with E-state index in [0.29, 0.717) is 49.6 Å². The largest absolute Gasteiger partial charge is 0.368 e. The number of piperazine rings is 1. The number of pyridine rings is 1. The van der Waals surface area contributed by atoms with E-state index < -0.39 is 0 Å². The fourth-order valence-corrected chi connectivity index (χ4v) is 4.49. The van der Waals surface area contributed by atoms with Crippen LogP contribution >= 0.6 is 0 Å². The molecule has 33 heavy (non-hydrogen) atoms. The van der Waals surface area contributed by atoms with Gasteiger partial charge in [-0.2, -0.15) is 0 Å². The SMILES string of the molecule is CN1CCN(C(=O)c2cc([C@H]3CN(C(=O)c4ccccc4)CCO3)nc3ccccc23)CC1. The molecule has 0 N–H and O–H groups in total. The fourth-order valence-electron chi connectivity index (χ4n) is 4.49. The average molecular weight is 445 g/mol. The van der Waals surface area contributed by atoms with Crippen LogP contribution in [0.2, 0.25) is 0 Å². The molecule has 5 rings (SSSR count). The van der Waals surface area contributed by atoms with E-state index in [-0.39, 0.29) is 17.9 Å². The van der Waals surface area contributed by atoms with Crippen LogP contribution in [-0.4, -0.2) is 84.4 Å². The molecule has 2 aliphatic rings. The minimum absolute atomic E-state index is 0.0153. The van der Waals surface area contributed by atoms with Crippen molar-refractivity contribution >= 4 is 22.7 Å². The van der Waals surface area contributed by atoms with Gasteiger partial charge in [0.05, 0.1) is 29.9 Å². The number of para-hydroxylation sites is 1. The summed E-state index contributed by atoms with van der Waals surface area (Å²) < 4.78 is 6.04. The molecule has 0 radical (unpaired) electrons. The summed E-state index contributed by atoms with van der Waals surface area (Å²) in [7, 11) is 2.07. The topological polar surface area (TPSA) is 66.0 Å². The number of nitrogens with zero attached hydrogens (tertiary/aromatic N) is 4. The van der Waals surface area contributed by atoms with Gasteiger partial charge in [0.25, 0.3) is 11.8 Å². The molecule has 3 aromatic rings. The van der Waals surface area contributed by atoms with E-state index in [0.717, 1.165) is 24.0 Å². The molecule has 3 heterocycles. The fraction of sp³-hybridized carbons (Fsp3) is 0.346. The Morgan fingerprint density at radius 2 is 1.61 bits per heavy atom. The molecule has 0 aliphatic carbocycles. The second kappa shape index (κ2) is 9.29. The van der Waals surface area contributed by atoms with Crippen LogP contribution in [0.1, 0.15) is 32.5 Å². The van der Waals surface area contributed by atoms with E-state index in [2.05, 4.69) is 11.9 Å². The third-order valence-electron chi connectivity index (χ3n) is 6.46. The number of rotatable bonds is 3. The summed E-state index contributed by atoms with van der Waals surface area (Å²) in [5.74, 6) is 0.00871. The van der Waals surface area contributed by atoms with Gasteiger partial charge in [-0.05, 0) is 31.3 Å². The Balaban J connectivity index is 1.44. The van der Waals surface area contributed by atoms with Crippen molar-refractivity contribution in [2.24, 2.45) is 0 Å². The van der Waals surface area contributed by atoms with Gasteiger partial charge >= 0.3 is 0 Å². The average Bonchev–Trinajstić information content (AvgIpc) is 2.88. The number of carbonyl (C=O) groups excluding carboxylic acids is 2. The minimum Gasteiger partial charge on any atom is -0.368 e. The molecule has 1 atom stereocenters. The molecule has 2 fully saturated rings. The van der Waals surface area contributed by atoms with Gasteiger partial charge in [0.15, 0.2) is 0 Å². The van der Waals surface area contributed by atoms with Crippen molar-refractivity contribution in [2.75, 3.05) is 52.9 Å². The van der Waals surface area contributed by atoms with Crippen LogP contribution < -0.4 is 0 Å². The van der Waals surface area contributed by atoms with Crippen LogP contribution in [0.25, 0.3) is 10.9 Å². The first-order valence-corrected chi connectivity index (χ1v) is 11.4. The zero-order valence-electron chi connectivity index (χ0n) is 18.8. The number of hydrogen-bond acceptors (Lipinski definition) is 5. The van der Waals surface area contributed by atoms with Crippen molar-refractivity contribution in [2.45, 2.75) is 6.10 Å². The maximum absolute atomic E-state index is 13.5. The molecule has 1 aromatic heterocycles. The zero-order valence-corrected chi connectivity index (χ0v) is 18.8. The first kappa shape index (κ1) is 21.6. The van der Waals surface area contributed by atoms with Gasteiger partial charge in [0, 0.05) is 43.7 Å². The van der Waals surface area contributed by atoms with Crippen molar-refractivity contribution in [3.05, 3.63) is 77.5 Å². The Hall–Kier alpha value is -3.29. The quantitative estimate of drug-likeness (QED) is 0.622. The van der Waals surface area contributed by atoms with Crippen LogP contribution in [0.3, 0.4) is 0 Å². The second-order valence-electron chi connectivity index (χ2n) is 8.68. The van der Waals surface area contributed by atoms with E-state index >= 15 is 0 Å². The molecule has 2 amide bonds. The highest BCUT2D eigenvalue weighted by Gasteiger charge is 2.29.